The van der Waals surface area contributed by atoms with Crippen molar-refractivity contribution in [1.29, 1.82) is 0 Å². The molecule has 0 aromatic rings. The minimum Gasteiger partial charge on any atom is -0.480 e. The molecule has 0 spiro atoms. The first kappa shape index (κ1) is 17.4. The summed E-state index contributed by atoms with van der Waals surface area (Å²) in [6, 6.07) is 0.166. The normalized spacial score (nSPS) is 27.5. The lowest BCUT2D eigenvalue weighted by molar-refractivity contribution is -0.145. The Labute approximate surface area is 122 Å². The number of carboxylic acids is 1. The lowest BCUT2D eigenvalue weighted by Crippen LogP contribution is -2.53. The van der Waals surface area contributed by atoms with Gasteiger partial charge in [0, 0.05) is 19.1 Å². The molecule has 0 aromatic heterocycles. The van der Waals surface area contributed by atoms with Crippen molar-refractivity contribution < 1.29 is 14.6 Å². The van der Waals surface area contributed by atoms with Gasteiger partial charge >= 0.3 is 5.97 Å². The lowest BCUT2D eigenvalue weighted by Gasteiger charge is -2.36. The Morgan fingerprint density at radius 1 is 1.40 bits per heavy atom. The minimum atomic E-state index is -0.836. The van der Waals surface area contributed by atoms with Gasteiger partial charge < -0.3 is 9.84 Å². The van der Waals surface area contributed by atoms with Crippen molar-refractivity contribution in [2.75, 3.05) is 19.6 Å². The summed E-state index contributed by atoms with van der Waals surface area (Å²) in [5, 5.41) is 12.6. The van der Waals surface area contributed by atoms with E-state index in [1.807, 2.05) is 13.8 Å². The fourth-order valence-corrected chi connectivity index (χ4v) is 3.00. The van der Waals surface area contributed by atoms with Crippen molar-refractivity contribution in [3.63, 3.8) is 0 Å². The molecule has 0 aliphatic carbocycles. The molecule has 1 saturated heterocycles. The summed E-state index contributed by atoms with van der Waals surface area (Å²) in [5.41, 5.74) is -0.836. The molecule has 1 heterocycles. The molecular formula is C15H30N2O3. The van der Waals surface area contributed by atoms with E-state index in [9.17, 15) is 9.90 Å². The number of nitrogens with zero attached hydrogens (tertiary/aromatic N) is 1. The highest BCUT2D eigenvalue weighted by Crippen LogP contribution is 2.16. The molecule has 1 fully saturated rings. The number of hydrogen-bond acceptors (Lipinski definition) is 4. The molecule has 1 rings (SSSR count). The van der Waals surface area contributed by atoms with Gasteiger partial charge in [-0.05, 0) is 54.0 Å². The predicted octanol–water partition coefficient (Wildman–Crippen LogP) is 1.72. The fraction of sp³-hybridized carbons (Fsp3) is 0.933. The van der Waals surface area contributed by atoms with Crippen LogP contribution in [0.2, 0.25) is 0 Å². The number of rotatable bonds is 7. The molecule has 118 valence electrons. The first-order valence-electron chi connectivity index (χ1n) is 7.62. The number of carboxylic acid groups (broad SMARTS) is 1. The third-order valence-electron chi connectivity index (χ3n) is 3.73. The second kappa shape index (κ2) is 7.38. The monoisotopic (exact) mass is 286 g/mol. The van der Waals surface area contributed by atoms with E-state index in [-0.39, 0.29) is 18.2 Å². The number of aliphatic carboxylic acids is 1. The van der Waals surface area contributed by atoms with E-state index in [1.54, 1.807) is 6.92 Å². The van der Waals surface area contributed by atoms with Gasteiger partial charge in [-0.3, -0.25) is 15.0 Å². The van der Waals surface area contributed by atoms with Crippen LogP contribution < -0.4 is 5.32 Å². The summed E-state index contributed by atoms with van der Waals surface area (Å²) in [4.78, 5) is 13.8. The number of ether oxygens (including phenoxy) is 1. The number of morpholine rings is 1. The fourth-order valence-electron chi connectivity index (χ4n) is 3.00. The van der Waals surface area contributed by atoms with Gasteiger partial charge in [0.2, 0.25) is 0 Å². The molecule has 0 bridgehead atoms. The second-order valence-electron chi connectivity index (χ2n) is 6.56. The summed E-state index contributed by atoms with van der Waals surface area (Å²) in [7, 11) is 0. The highest BCUT2D eigenvalue weighted by atomic mass is 16.5. The Morgan fingerprint density at radius 2 is 1.95 bits per heavy atom. The van der Waals surface area contributed by atoms with Gasteiger partial charge in [-0.25, -0.2) is 0 Å². The first-order chi connectivity index (χ1) is 9.23. The summed E-state index contributed by atoms with van der Waals surface area (Å²) in [6.45, 7) is 12.7. The molecule has 1 aliphatic rings. The van der Waals surface area contributed by atoms with Crippen LogP contribution in [0.3, 0.4) is 0 Å². The quantitative estimate of drug-likeness (QED) is 0.746. The molecule has 0 aromatic carbocycles. The number of nitrogens with one attached hydrogen (secondary N) is 1. The molecule has 1 unspecified atom stereocenters. The zero-order valence-electron chi connectivity index (χ0n) is 13.5. The van der Waals surface area contributed by atoms with Crippen LogP contribution in [0, 0.1) is 0 Å². The Hall–Kier alpha value is -0.650. The Kier molecular flexibility index (Phi) is 6.43. The summed E-state index contributed by atoms with van der Waals surface area (Å²) < 4.78 is 5.71. The van der Waals surface area contributed by atoms with E-state index < -0.39 is 11.5 Å². The van der Waals surface area contributed by atoms with E-state index in [0.29, 0.717) is 6.42 Å². The zero-order chi connectivity index (χ0) is 15.3. The topological polar surface area (TPSA) is 61.8 Å². The van der Waals surface area contributed by atoms with Crippen LogP contribution in [0.1, 0.15) is 47.5 Å². The maximum Gasteiger partial charge on any atom is 0.323 e. The smallest absolute Gasteiger partial charge is 0.323 e. The van der Waals surface area contributed by atoms with Crippen LogP contribution in [-0.2, 0) is 9.53 Å². The average Bonchev–Trinajstić information content (AvgIpc) is 2.26. The second-order valence-corrected chi connectivity index (χ2v) is 6.56. The highest BCUT2D eigenvalue weighted by molar-refractivity contribution is 5.78. The molecule has 5 nitrogen and oxygen atoms in total. The first-order valence-corrected chi connectivity index (χ1v) is 7.62. The van der Waals surface area contributed by atoms with Gasteiger partial charge in [-0.1, -0.05) is 0 Å². The predicted molar refractivity (Wildman–Crippen MR) is 80.0 cm³/mol. The standard InChI is InChI=1S/C15H30N2O3/c1-11(2)16-15(5,14(18)19)7-6-8-17-9-12(3)20-13(4)10-17/h11-13,16H,6-10H2,1-5H3,(H,18,19)/t12-,13+,15?. The van der Waals surface area contributed by atoms with Gasteiger partial charge in [0.15, 0.2) is 0 Å². The van der Waals surface area contributed by atoms with E-state index in [0.717, 1.165) is 26.1 Å². The third-order valence-corrected chi connectivity index (χ3v) is 3.73. The Balaban J connectivity index is 2.42. The maximum absolute atomic E-state index is 11.4. The van der Waals surface area contributed by atoms with E-state index in [4.69, 9.17) is 4.74 Å². The van der Waals surface area contributed by atoms with Crippen molar-refractivity contribution in [3.8, 4) is 0 Å². The van der Waals surface area contributed by atoms with Crippen LogP contribution in [0.25, 0.3) is 0 Å². The summed E-state index contributed by atoms with van der Waals surface area (Å²) >= 11 is 0. The van der Waals surface area contributed by atoms with E-state index in [2.05, 4.69) is 24.1 Å². The average molecular weight is 286 g/mol. The van der Waals surface area contributed by atoms with Gasteiger partial charge in [-0.2, -0.15) is 0 Å². The molecule has 5 heteroatoms. The SMILES string of the molecule is CC(C)NC(C)(CCCN1C[C@@H](C)O[C@@H](C)C1)C(=O)O. The van der Waals surface area contributed by atoms with Gasteiger partial charge in [0.25, 0.3) is 0 Å². The molecular weight excluding hydrogens is 256 g/mol. The number of carbonyl (C=O) groups is 1. The van der Waals surface area contributed by atoms with Crippen LogP contribution in [0.15, 0.2) is 0 Å². The molecule has 20 heavy (non-hydrogen) atoms. The molecule has 2 N–H and O–H groups in total. The van der Waals surface area contributed by atoms with Crippen molar-refractivity contribution in [2.45, 2.75) is 71.2 Å². The van der Waals surface area contributed by atoms with Crippen LogP contribution in [-0.4, -0.2) is 59.4 Å². The molecule has 0 radical (unpaired) electrons. The zero-order valence-corrected chi connectivity index (χ0v) is 13.5. The maximum atomic E-state index is 11.4. The summed E-state index contributed by atoms with van der Waals surface area (Å²) in [6.07, 6.45) is 2.04. The molecule has 0 amide bonds. The van der Waals surface area contributed by atoms with E-state index >= 15 is 0 Å². The third kappa shape index (κ3) is 5.38. The summed E-state index contributed by atoms with van der Waals surface area (Å²) in [5.74, 6) is -0.769. The molecule has 0 saturated carbocycles. The van der Waals surface area contributed by atoms with Crippen LogP contribution in [0.5, 0.6) is 0 Å². The Morgan fingerprint density at radius 3 is 2.40 bits per heavy atom. The van der Waals surface area contributed by atoms with Crippen molar-refractivity contribution in [3.05, 3.63) is 0 Å². The van der Waals surface area contributed by atoms with Gasteiger partial charge in [0.1, 0.15) is 5.54 Å². The number of hydrogen-bond donors (Lipinski definition) is 2. The largest absolute Gasteiger partial charge is 0.480 e. The van der Waals surface area contributed by atoms with Crippen LogP contribution in [0.4, 0.5) is 0 Å². The van der Waals surface area contributed by atoms with Crippen molar-refractivity contribution in [1.82, 2.24) is 10.2 Å². The van der Waals surface area contributed by atoms with Crippen molar-refractivity contribution in [2.24, 2.45) is 0 Å². The van der Waals surface area contributed by atoms with Crippen molar-refractivity contribution >= 4 is 5.97 Å². The van der Waals surface area contributed by atoms with Gasteiger partial charge in [0.05, 0.1) is 12.2 Å². The van der Waals surface area contributed by atoms with Gasteiger partial charge in [-0.15, -0.1) is 0 Å². The van der Waals surface area contributed by atoms with E-state index in [1.165, 1.54) is 0 Å². The highest BCUT2D eigenvalue weighted by Gasteiger charge is 2.33. The molecule has 3 atom stereocenters. The lowest BCUT2D eigenvalue weighted by atomic mass is 9.94. The minimum absolute atomic E-state index is 0.166. The molecule has 1 aliphatic heterocycles. The Bertz CT molecular complexity index is 312. The van der Waals surface area contributed by atoms with Crippen LogP contribution >= 0.6 is 0 Å².